The summed E-state index contributed by atoms with van der Waals surface area (Å²) in [6, 6.07) is 8.42. The molecule has 0 aliphatic heterocycles. The molecule has 21 heavy (non-hydrogen) atoms. The van der Waals surface area contributed by atoms with Crippen molar-refractivity contribution in [1.82, 2.24) is 15.2 Å². The predicted octanol–water partition coefficient (Wildman–Crippen LogP) is 4.23. The number of nitrogens with one attached hydrogen (secondary N) is 1. The molecule has 0 amide bonds. The Morgan fingerprint density at radius 3 is 2.67 bits per heavy atom. The molecule has 0 spiro atoms. The van der Waals surface area contributed by atoms with E-state index in [4.69, 9.17) is 4.98 Å². The molecule has 0 aliphatic carbocycles. The molecule has 0 unspecified atom stereocenters. The zero-order valence-corrected chi connectivity index (χ0v) is 13.5. The Balaban J connectivity index is 2.31. The second-order valence-electron chi connectivity index (χ2n) is 5.38. The van der Waals surface area contributed by atoms with Gasteiger partial charge in [-0.05, 0) is 24.5 Å². The molecule has 0 saturated carbocycles. The van der Waals surface area contributed by atoms with Crippen molar-refractivity contribution in [2.45, 2.75) is 26.7 Å². The first kappa shape index (κ1) is 13.9. The Morgan fingerprint density at radius 1 is 1.19 bits per heavy atom. The summed E-state index contributed by atoms with van der Waals surface area (Å²) in [7, 11) is 1.86. The highest BCUT2D eigenvalue weighted by molar-refractivity contribution is 7.18. The first-order chi connectivity index (χ1) is 10.1. The van der Waals surface area contributed by atoms with Crippen molar-refractivity contribution in [2.75, 3.05) is 12.4 Å². The fourth-order valence-corrected chi connectivity index (χ4v) is 3.04. The van der Waals surface area contributed by atoms with Crippen molar-refractivity contribution in [3.05, 3.63) is 35.5 Å². The summed E-state index contributed by atoms with van der Waals surface area (Å²) in [6.07, 6.45) is 0. The summed E-state index contributed by atoms with van der Waals surface area (Å²) in [5, 5.41) is 14.4. The normalized spacial score (nSPS) is 11.3. The number of fused-ring (bicyclic) bond motifs is 1. The molecule has 0 atom stereocenters. The van der Waals surface area contributed by atoms with Crippen LogP contribution >= 0.6 is 11.3 Å². The highest BCUT2D eigenvalue weighted by atomic mass is 32.1. The molecular weight excluding hydrogens is 280 g/mol. The number of aryl methyl sites for hydroxylation is 1. The van der Waals surface area contributed by atoms with Crippen LogP contribution in [0.1, 0.15) is 31.0 Å². The number of para-hydroxylation sites is 1. The van der Waals surface area contributed by atoms with E-state index in [9.17, 15) is 0 Å². The second-order valence-corrected chi connectivity index (χ2v) is 6.36. The Bertz CT molecular complexity index is 792. The quantitative estimate of drug-likeness (QED) is 0.786. The molecule has 5 heteroatoms. The molecule has 108 valence electrons. The van der Waals surface area contributed by atoms with Crippen LogP contribution in [0.3, 0.4) is 0 Å². The molecule has 2 heterocycles. The summed E-state index contributed by atoms with van der Waals surface area (Å²) in [6.45, 7) is 6.42. The van der Waals surface area contributed by atoms with Crippen molar-refractivity contribution < 1.29 is 0 Å². The summed E-state index contributed by atoms with van der Waals surface area (Å²) in [5.41, 5.74) is 4.45. The molecule has 0 fully saturated rings. The van der Waals surface area contributed by atoms with E-state index in [1.54, 1.807) is 11.3 Å². The smallest absolute Gasteiger partial charge is 0.205 e. The lowest BCUT2D eigenvalue weighted by atomic mass is 10.0. The highest BCUT2D eigenvalue weighted by Gasteiger charge is 2.14. The molecule has 0 saturated heterocycles. The van der Waals surface area contributed by atoms with Gasteiger partial charge in [0.25, 0.3) is 0 Å². The summed E-state index contributed by atoms with van der Waals surface area (Å²) in [5.74, 6) is 0.379. The van der Waals surface area contributed by atoms with Gasteiger partial charge in [0.2, 0.25) is 5.13 Å². The molecule has 2 aromatic heterocycles. The predicted molar refractivity (Wildman–Crippen MR) is 89.0 cm³/mol. The number of pyridine rings is 1. The zero-order chi connectivity index (χ0) is 15.0. The summed E-state index contributed by atoms with van der Waals surface area (Å²) >= 11 is 1.57. The minimum Gasteiger partial charge on any atom is -0.363 e. The van der Waals surface area contributed by atoms with E-state index in [1.807, 2.05) is 7.05 Å². The van der Waals surface area contributed by atoms with E-state index in [1.165, 1.54) is 5.56 Å². The van der Waals surface area contributed by atoms with Crippen molar-refractivity contribution in [2.24, 2.45) is 0 Å². The van der Waals surface area contributed by atoms with Crippen LogP contribution in [-0.4, -0.2) is 22.2 Å². The number of anilines is 1. The lowest BCUT2D eigenvalue weighted by molar-refractivity contribution is 0.830. The van der Waals surface area contributed by atoms with Crippen LogP contribution < -0.4 is 5.32 Å². The van der Waals surface area contributed by atoms with Gasteiger partial charge >= 0.3 is 0 Å². The van der Waals surface area contributed by atoms with Gasteiger partial charge in [0.05, 0.1) is 5.52 Å². The molecular formula is C16H18N4S. The Labute approximate surface area is 128 Å². The maximum Gasteiger partial charge on any atom is 0.205 e. The van der Waals surface area contributed by atoms with Gasteiger partial charge in [0.15, 0.2) is 0 Å². The van der Waals surface area contributed by atoms with Gasteiger partial charge in [-0.1, -0.05) is 43.4 Å². The van der Waals surface area contributed by atoms with Crippen LogP contribution in [0.5, 0.6) is 0 Å². The Hall–Kier alpha value is -2.01. The maximum absolute atomic E-state index is 4.83. The van der Waals surface area contributed by atoms with E-state index < -0.39 is 0 Å². The van der Waals surface area contributed by atoms with Gasteiger partial charge in [0, 0.05) is 23.7 Å². The van der Waals surface area contributed by atoms with E-state index in [-0.39, 0.29) is 0 Å². The number of benzene rings is 1. The van der Waals surface area contributed by atoms with Crippen molar-refractivity contribution in [1.29, 1.82) is 0 Å². The van der Waals surface area contributed by atoms with Crippen molar-refractivity contribution in [3.63, 3.8) is 0 Å². The highest BCUT2D eigenvalue weighted by Crippen LogP contribution is 2.34. The van der Waals surface area contributed by atoms with Crippen LogP contribution in [0.4, 0.5) is 5.13 Å². The van der Waals surface area contributed by atoms with Crippen LogP contribution in [0, 0.1) is 6.92 Å². The number of rotatable bonds is 3. The van der Waals surface area contributed by atoms with Gasteiger partial charge in [-0.25, -0.2) is 0 Å². The number of nitrogens with zero attached hydrogens (tertiary/aromatic N) is 3. The number of hydrogen-bond donors (Lipinski definition) is 1. The molecule has 0 aliphatic rings. The SMILES string of the molecule is CNc1nnc(-c2cc(C(C)C)nc3c(C)cccc23)s1. The first-order valence-corrected chi connectivity index (χ1v) is 7.83. The first-order valence-electron chi connectivity index (χ1n) is 7.02. The number of aromatic nitrogens is 3. The van der Waals surface area contributed by atoms with E-state index in [2.05, 4.69) is 60.6 Å². The topological polar surface area (TPSA) is 50.7 Å². The van der Waals surface area contributed by atoms with Gasteiger partial charge in [-0.2, -0.15) is 0 Å². The standard InChI is InChI=1S/C16H18N4S/c1-9(2)13-8-12(15-19-20-16(17-4)21-15)11-7-5-6-10(3)14(11)18-13/h5-9H,1-4H3,(H,17,20). The average molecular weight is 298 g/mol. The van der Waals surface area contributed by atoms with E-state index in [0.717, 1.165) is 32.3 Å². The van der Waals surface area contributed by atoms with Crippen LogP contribution in [0.15, 0.2) is 24.3 Å². The minimum absolute atomic E-state index is 0.379. The molecule has 1 N–H and O–H groups in total. The van der Waals surface area contributed by atoms with Crippen molar-refractivity contribution >= 4 is 27.4 Å². The lowest BCUT2D eigenvalue weighted by Gasteiger charge is -2.11. The fraction of sp³-hybridized carbons (Fsp3) is 0.312. The molecule has 3 aromatic rings. The minimum atomic E-state index is 0.379. The number of hydrogen-bond acceptors (Lipinski definition) is 5. The largest absolute Gasteiger partial charge is 0.363 e. The van der Waals surface area contributed by atoms with Gasteiger partial charge in [-0.15, -0.1) is 10.2 Å². The maximum atomic E-state index is 4.83. The van der Waals surface area contributed by atoms with Crippen LogP contribution in [-0.2, 0) is 0 Å². The van der Waals surface area contributed by atoms with Crippen molar-refractivity contribution in [3.8, 4) is 10.6 Å². The molecule has 1 aromatic carbocycles. The summed E-state index contributed by atoms with van der Waals surface area (Å²) < 4.78 is 0. The van der Waals surface area contributed by atoms with Gasteiger partial charge in [-0.3, -0.25) is 4.98 Å². The van der Waals surface area contributed by atoms with Gasteiger partial charge in [0.1, 0.15) is 5.01 Å². The molecule has 3 rings (SSSR count). The third kappa shape index (κ3) is 2.49. The van der Waals surface area contributed by atoms with E-state index >= 15 is 0 Å². The molecule has 4 nitrogen and oxygen atoms in total. The third-order valence-electron chi connectivity index (χ3n) is 3.52. The monoisotopic (exact) mass is 298 g/mol. The Kier molecular flexibility index (Phi) is 3.59. The molecule has 0 radical (unpaired) electrons. The Morgan fingerprint density at radius 2 is 2.00 bits per heavy atom. The third-order valence-corrected chi connectivity index (χ3v) is 4.50. The zero-order valence-electron chi connectivity index (χ0n) is 12.6. The van der Waals surface area contributed by atoms with Gasteiger partial charge < -0.3 is 5.32 Å². The van der Waals surface area contributed by atoms with Crippen LogP contribution in [0.25, 0.3) is 21.5 Å². The molecule has 0 bridgehead atoms. The fourth-order valence-electron chi connectivity index (χ4n) is 2.32. The lowest BCUT2D eigenvalue weighted by Crippen LogP contribution is -1.96. The van der Waals surface area contributed by atoms with E-state index in [0.29, 0.717) is 5.92 Å². The van der Waals surface area contributed by atoms with Crippen LogP contribution in [0.2, 0.25) is 0 Å². The second kappa shape index (κ2) is 5.41. The average Bonchev–Trinajstić information content (AvgIpc) is 2.95. The summed E-state index contributed by atoms with van der Waals surface area (Å²) in [4.78, 5) is 4.83.